The molecule has 8 rings (SSSR count). The Morgan fingerprint density at radius 3 is 2.15 bits per heavy atom. The zero-order valence-electron chi connectivity index (χ0n) is 31.0. The van der Waals surface area contributed by atoms with Crippen molar-refractivity contribution in [2.45, 2.75) is 90.7 Å². The van der Waals surface area contributed by atoms with Crippen molar-refractivity contribution in [1.82, 2.24) is 30.6 Å². The number of fused-ring (bicyclic) bond motifs is 2. The number of piperidine rings is 2. The molecule has 14 nitrogen and oxygen atoms in total. The number of aromatic nitrogens is 2. The summed E-state index contributed by atoms with van der Waals surface area (Å²) in [6, 6.07) is 13.3. The molecule has 0 spiro atoms. The minimum atomic E-state index is -0.982. The molecular formula is C40H41ClN8O6. The summed E-state index contributed by atoms with van der Waals surface area (Å²) < 4.78 is 6.34. The second kappa shape index (κ2) is 13.4. The highest BCUT2D eigenvalue weighted by atomic mass is 35.5. The van der Waals surface area contributed by atoms with Crippen LogP contribution in [0.4, 0.5) is 5.82 Å². The quantitative estimate of drug-likeness (QED) is 0.333. The van der Waals surface area contributed by atoms with Crippen LogP contribution in [0.25, 0.3) is 0 Å². The van der Waals surface area contributed by atoms with Crippen LogP contribution in [-0.4, -0.2) is 86.9 Å². The Bertz CT molecular complexity index is 2130. The van der Waals surface area contributed by atoms with Gasteiger partial charge < -0.3 is 15.0 Å². The first-order valence-electron chi connectivity index (χ1n) is 18.5. The summed E-state index contributed by atoms with van der Waals surface area (Å²) in [5.41, 5.74) is 2.40. The number of ether oxygens (including phenoxy) is 1. The Kier molecular flexibility index (Phi) is 8.93. The molecule has 4 aliphatic heterocycles. The lowest BCUT2D eigenvalue weighted by Crippen LogP contribution is -2.74. The maximum absolute atomic E-state index is 13.4. The van der Waals surface area contributed by atoms with Crippen LogP contribution in [0, 0.1) is 22.2 Å². The number of nitrogens with zero attached hydrogens (tertiary/aromatic N) is 6. The van der Waals surface area contributed by atoms with E-state index in [4.69, 9.17) is 16.3 Å². The topological polar surface area (TPSA) is 178 Å². The molecule has 2 N–H and O–H groups in total. The smallest absolute Gasteiger partial charge is 0.272 e. The van der Waals surface area contributed by atoms with E-state index in [0.717, 1.165) is 42.0 Å². The van der Waals surface area contributed by atoms with Gasteiger partial charge in [0.15, 0.2) is 11.5 Å². The summed E-state index contributed by atoms with van der Waals surface area (Å²) >= 11 is 6.23. The summed E-state index contributed by atoms with van der Waals surface area (Å²) in [4.78, 5) is 69.7. The van der Waals surface area contributed by atoms with E-state index in [0.29, 0.717) is 52.4 Å². The highest BCUT2D eigenvalue weighted by Gasteiger charge is 2.64. The minimum Gasteiger partial charge on any atom is -0.489 e. The van der Waals surface area contributed by atoms with E-state index in [1.807, 2.05) is 33.8 Å². The third-order valence-electron chi connectivity index (χ3n) is 12.1. The number of hydrogen-bond acceptors (Lipinski definition) is 11. The van der Waals surface area contributed by atoms with Crippen LogP contribution in [0.3, 0.4) is 0 Å². The van der Waals surface area contributed by atoms with Gasteiger partial charge in [-0.05, 0) is 66.8 Å². The zero-order chi connectivity index (χ0) is 39.0. The fourth-order valence-corrected chi connectivity index (χ4v) is 9.74. The van der Waals surface area contributed by atoms with Crippen LogP contribution >= 0.6 is 11.6 Å². The van der Waals surface area contributed by atoms with Gasteiger partial charge in [0, 0.05) is 61.6 Å². The molecule has 1 saturated carbocycles. The van der Waals surface area contributed by atoms with Crippen molar-refractivity contribution in [2.24, 2.45) is 10.8 Å². The van der Waals surface area contributed by atoms with Crippen LogP contribution in [-0.2, 0) is 22.7 Å². The predicted molar refractivity (Wildman–Crippen MR) is 199 cm³/mol. The number of imide groups is 2. The molecule has 2 aromatic carbocycles. The van der Waals surface area contributed by atoms with Gasteiger partial charge in [-0.15, -0.1) is 10.2 Å². The molecule has 3 aromatic rings. The summed E-state index contributed by atoms with van der Waals surface area (Å²) in [6.45, 7) is 11.0. The van der Waals surface area contributed by atoms with Crippen LogP contribution in [0.1, 0.15) is 101 Å². The number of amides is 5. The van der Waals surface area contributed by atoms with Crippen LogP contribution < -0.4 is 20.3 Å². The van der Waals surface area contributed by atoms with Gasteiger partial charge in [-0.1, -0.05) is 39.3 Å². The van der Waals surface area contributed by atoms with E-state index in [-0.39, 0.29) is 36.6 Å². The average Bonchev–Trinajstić information content (AvgIpc) is 3.69. The van der Waals surface area contributed by atoms with E-state index in [9.17, 15) is 29.2 Å². The Morgan fingerprint density at radius 2 is 1.58 bits per heavy atom. The van der Waals surface area contributed by atoms with Gasteiger partial charge in [0.1, 0.15) is 24.0 Å². The second-order valence-electron chi connectivity index (χ2n) is 16.3. The molecule has 55 heavy (non-hydrogen) atoms. The van der Waals surface area contributed by atoms with Crippen LogP contribution in [0.15, 0.2) is 42.5 Å². The highest BCUT2D eigenvalue weighted by molar-refractivity contribution is 6.31. The molecular weight excluding hydrogens is 724 g/mol. The summed E-state index contributed by atoms with van der Waals surface area (Å²) in [5, 5.41) is 23.7. The highest BCUT2D eigenvalue weighted by Crippen LogP contribution is 2.55. The van der Waals surface area contributed by atoms with Crippen molar-refractivity contribution in [3.05, 3.63) is 81.0 Å². The number of rotatable bonds is 7. The third kappa shape index (κ3) is 6.19. The Balaban J connectivity index is 0.846. The molecule has 1 atom stereocenters. The first-order chi connectivity index (χ1) is 26.2. The maximum atomic E-state index is 13.4. The van der Waals surface area contributed by atoms with E-state index < -0.39 is 40.5 Å². The molecule has 15 heteroatoms. The van der Waals surface area contributed by atoms with Crippen LogP contribution in [0.2, 0.25) is 5.02 Å². The maximum Gasteiger partial charge on any atom is 0.272 e. The summed E-state index contributed by atoms with van der Waals surface area (Å²) in [5.74, 6) is -1.04. The zero-order valence-corrected chi connectivity index (χ0v) is 31.8. The Labute approximate surface area is 323 Å². The summed E-state index contributed by atoms with van der Waals surface area (Å²) in [7, 11) is 0. The fourth-order valence-electron chi connectivity index (χ4n) is 9.53. The van der Waals surface area contributed by atoms with E-state index >= 15 is 0 Å². The van der Waals surface area contributed by atoms with Gasteiger partial charge >= 0.3 is 0 Å². The standard InChI is InChI=1S/C40H41ClN8O6/c1-39(2)37(40(3,4)38(39)55-25-6-5-21(18-42)28(41)17-25)44-33(51)29-7-9-31(46-45-29)47-13-11-24(12-14-47)48-19-22-15-26-27(16-23(22)20-48)36(54)49(35(26)53)30-8-10-32(50)43-34(30)52/h5-7,9,15-17,24,30,37-38H,8,10-14,19-20H2,1-4H3,(H,44,51)(H,43,50,52). The molecule has 1 unspecified atom stereocenters. The van der Waals surface area contributed by atoms with Gasteiger partial charge in [-0.2, -0.15) is 5.26 Å². The number of halogens is 1. The van der Waals surface area contributed by atoms with Crippen molar-refractivity contribution in [1.29, 1.82) is 5.26 Å². The van der Waals surface area contributed by atoms with E-state index in [1.165, 1.54) is 0 Å². The molecule has 2 saturated heterocycles. The number of nitriles is 1. The van der Waals surface area contributed by atoms with Crippen LogP contribution in [0.5, 0.6) is 5.75 Å². The van der Waals surface area contributed by atoms with E-state index in [2.05, 4.69) is 36.7 Å². The molecule has 1 aromatic heterocycles. The number of anilines is 1. The lowest BCUT2D eigenvalue weighted by atomic mass is 9.49. The SMILES string of the molecule is CC1(C)C(NC(=O)c2ccc(N3CCC(N4Cc5cc6c(cc5C4)C(=O)N(C4CCC(=O)NC4=O)C6=O)CC3)nn2)C(C)(C)C1Oc1ccc(C#N)c(Cl)c1. The third-order valence-corrected chi connectivity index (χ3v) is 12.4. The number of benzene rings is 2. The number of nitrogens with one attached hydrogen (secondary N) is 2. The van der Waals surface area contributed by atoms with Gasteiger partial charge in [0.05, 0.1) is 21.7 Å². The van der Waals surface area contributed by atoms with Gasteiger partial charge in [-0.3, -0.25) is 39.1 Å². The summed E-state index contributed by atoms with van der Waals surface area (Å²) in [6.07, 6.45) is 1.74. The second-order valence-corrected chi connectivity index (χ2v) is 16.7. The number of carbonyl (C=O) groups excluding carboxylic acids is 5. The molecule has 5 amide bonds. The normalized spacial score (nSPS) is 24.5. The minimum absolute atomic E-state index is 0.0824. The molecule has 5 aliphatic rings. The fraction of sp³-hybridized carbons (Fsp3) is 0.450. The van der Waals surface area contributed by atoms with Crippen molar-refractivity contribution in [3.63, 3.8) is 0 Å². The molecule has 1 aliphatic carbocycles. The van der Waals surface area contributed by atoms with Crippen molar-refractivity contribution < 1.29 is 28.7 Å². The Hall–Kier alpha value is -5.39. The van der Waals surface area contributed by atoms with Gasteiger partial charge in [-0.25, -0.2) is 0 Å². The average molecular weight is 765 g/mol. The first-order valence-corrected chi connectivity index (χ1v) is 18.9. The van der Waals surface area contributed by atoms with Crippen molar-refractivity contribution in [3.8, 4) is 11.8 Å². The number of carbonyl (C=O) groups is 5. The molecule has 0 radical (unpaired) electrons. The molecule has 5 heterocycles. The largest absolute Gasteiger partial charge is 0.489 e. The van der Waals surface area contributed by atoms with Crippen molar-refractivity contribution in [2.75, 3.05) is 18.0 Å². The van der Waals surface area contributed by atoms with Gasteiger partial charge in [0.2, 0.25) is 11.8 Å². The van der Waals surface area contributed by atoms with Crippen molar-refractivity contribution >= 4 is 47.0 Å². The molecule has 3 fully saturated rings. The Morgan fingerprint density at radius 1 is 0.927 bits per heavy atom. The lowest BCUT2D eigenvalue weighted by Gasteiger charge is -2.63. The van der Waals surface area contributed by atoms with Gasteiger partial charge in [0.25, 0.3) is 17.7 Å². The number of hydrogen-bond donors (Lipinski definition) is 2. The molecule has 284 valence electrons. The monoisotopic (exact) mass is 764 g/mol. The first kappa shape index (κ1) is 36.6. The lowest BCUT2D eigenvalue weighted by molar-refractivity contribution is -0.164. The molecule has 0 bridgehead atoms. The van der Waals surface area contributed by atoms with E-state index in [1.54, 1.807) is 36.4 Å². The predicted octanol–water partition coefficient (Wildman–Crippen LogP) is 4.00.